The predicted octanol–water partition coefficient (Wildman–Crippen LogP) is 3.67. The normalized spacial score (nSPS) is 11.1. The zero-order chi connectivity index (χ0) is 14.1. The summed E-state index contributed by atoms with van der Waals surface area (Å²) in [4.78, 5) is 17.6. The van der Waals surface area contributed by atoms with Crippen molar-refractivity contribution in [2.75, 3.05) is 0 Å². The number of aryl methyl sites for hydroxylation is 1. The van der Waals surface area contributed by atoms with Crippen LogP contribution in [0.4, 0.5) is 4.39 Å². The number of rotatable bonds is 3. The molecule has 0 radical (unpaired) electrons. The number of hydrogen-bond donors (Lipinski definition) is 0. The third kappa shape index (κ3) is 2.14. The van der Waals surface area contributed by atoms with Gasteiger partial charge in [-0.3, -0.25) is 9.36 Å². The molecule has 1 aromatic carbocycles. The van der Waals surface area contributed by atoms with Gasteiger partial charge in [-0.15, -0.1) is 11.3 Å². The van der Waals surface area contributed by atoms with E-state index in [0.29, 0.717) is 11.9 Å². The van der Waals surface area contributed by atoms with Crippen molar-refractivity contribution in [2.24, 2.45) is 0 Å². The molecule has 3 nitrogen and oxygen atoms in total. The van der Waals surface area contributed by atoms with Gasteiger partial charge in [0.15, 0.2) is 0 Å². The van der Waals surface area contributed by atoms with Crippen molar-refractivity contribution in [3.8, 4) is 11.1 Å². The highest BCUT2D eigenvalue weighted by atomic mass is 32.1. The molecule has 5 heteroatoms. The second-order valence-electron chi connectivity index (χ2n) is 4.58. The Kier molecular flexibility index (Phi) is 3.36. The first-order chi connectivity index (χ1) is 9.70. The molecule has 0 aliphatic rings. The molecule has 0 spiro atoms. The van der Waals surface area contributed by atoms with Gasteiger partial charge in [0.05, 0.1) is 11.7 Å². The Morgan fingerprint density at radius 3 is 2.75 bits per heavy atom. The van der Waals surface area contributed by atoms with Crippen LogP contribution in [0.15, 0.2) is 40.8 Å². The highest BCUT2D eigenvalue weighted by molar-refractivity contribution is 7.17. The van der Waals surface area contributed by atoms with E-state index in [1.165, 1.54) is 23.5 Å². The molecule has 20 heavy (non-hydrogen) atoms. The zero-order valence-corrected chi connectivity index (χ0v) is 11.8. The van der Waals surface area contributed by atoms with Gasteiger partial charge in [-0.05, 0) is 24.1 Å². The van der Waals surface area contributed by atoms with Crippen LogP contribution in [0.25, 0.3) is 21.3 Å². The summed E-state index contributed by atoms with van der Waals surface area (Å²) in [6.07, 6.45) is 2.47. The lowest BCUT2D eigenvalue weighted by Gasteiger charge is -2.04. The standard InChI is InChI=1S/C15H13FN2OS/c1-2-7-18-9-17-14-13(15(18)19)12(8-20-14)10-3-5-11(16)6-4-10/h3-6,8-9H,2,7H2,1H3. The van der Waals surface area contributed by atoms with E-state index in [2.05, 4.69) is 4.98 Å². The molecule has 0 saturated carbocycles. The predicted molar refractivity (Wildman–Crippen MR) is 79.6 cm³/mol. The maximum atomic E-state index is 13.0. The molecule has 0 aliphatic carbocycles. The molecule has 0 aliphatic heterocycles. The molecule has 0 bridgehead atoms. The summed E-state index contributed by atoms with van der Waals surface area (Å²) < 4.78 is 14.6. The molecule has 3 aromatic rings. The first-order valence-electron chi connectivity index (χ1n) is 6.43. The Bertz CT molecular complexity index is 805. The first-order valence-corrected chi connectivity index (χ1v) is 7.31. The molecule has 0 unspecified atom stereocenters. The minimum atomic E-state index is -0.283. The van der Waals surface area contributed by atoms with Crippen molar-refractivity contribution in [1.82, 2.24) is 9.55 Å². The van der Waals surface area contributed by atoms with Gasteiger partial charge < -0.3 is 0 Å². The van der Waals surface area contributed by atoms with Crippen LogP contribution in [0.3, 0.4) is 0 Å². The molecular weight excluding hydrogens is 275 g/mol. The quantitative estimate of drug-likeness (QED) is 0.737. The monoisotopic (exact) mass is 288 g/mol. The van der Waals surface area contributed by atoms with Crippen molar-refractivity contribution in [3.63, 3.8) is 0 Å². The summed E-state index contributed by atoms with van der Waals surface area (Å²) in [6, 6.07) is 6.18. The highest BCUT2D eigenvalue weighted by Crippen LogP contribution is 2.30. The summed E-state index contributed by atoms with van der Waals surface area (Å²) in [5, 5.41) is 2.53. The van der Waals surface area contributed by atoms with Crippen molar-refractivity contribution >= 4 is 21.6 Å². The third-order valence-corrected chi connectivity index (χ3v) is 4.07. The molecule has 2 aromatic heterocycles. The lowest BCUT2D eigenvalue weighted by atomic mass is 10.1. The molecule has 0 fully saturated rings. The van der Waals surface area contributed by atoms with Crippen LogP contribution in [0.2, 0.25) is 0 Å². The summed E-state index contributed by atoms with van der Waals surface area (Å²) in [6.45, 7) is 2.67. The number of benzene rings is 1. The first kappa shape index (κ1) is 13.0. The van der Waals surface area contributed by atoms with Gasteiger partial charge in [0.1, 0.15) is 10.6 Å². The average molecular weight is 288 g/mol. The molecule has 0 amide bonds. The summed E-state index contributed by atoms with van der Waals surface area (Å²) in [7, 11) is 0. The van der Waals surface area contributed by atoms with Gasteiger partial charge in [0.2, 0.25) is 0 Å². The van der Waals surface area contributed by atoms with Crippen LogP contribution in [-0.4, -0.2) is 9.55 Å². The largest absolute Gasteiger partial charge is 0.299 e. The van der Waals surface area contributed by atoms with Crippen LogP contribution < -0.4 is 5.56 Å². The number of thiophene rings is 1. The molecule has 2 heterocycles. The minimum Gasteiger partial charge on any atom is -0.299 e. The topological polar surface area (TPSA) is 34.9 Å². The maximum absolute atomic E-state index is 13.0. The Labute approximate surface area is 119 Å². The fourth-order valence-electron chi connectivity index (χ4n) is 2.21. The second kappa shape index (κ2) is 5.17. The van der Waals surface area contributed by atoms with Gasteiger partial charge in [0, 0.05) is 17.5 Å². The fourth-order valence-corrected chi connectivity index (χ4v) is 3.12. The lowest BCUT2D eigenvalue weighted by Crippen LogP contribution is -2.20. The molecule has 0 N–H and O–H groups in total. The van der Waals surface area contributed by atoms with Crippen LogP contribution in [0.5, 0.6) is 0 Å². The number of fused-ring (bicyclic) bond motifs is 1. The van der Waals surface area contributed by atoms with E-state index in [9.17, 15) is 9.18 Å². The summed E-state index contributed by atoms with van der Waals surface area (Å²) in [5.41, 5.74) is 1.64. The maximum Gasteiger partial charge on any atom is 0.262 e. The highest BCUT2D eigenvalue weighted by Gasteiger charge is 2.12. The van der Waals surface area contributed by atoms with Gasteiger partial charge in [-0.2, -0.15) is 0 Å². The van der Waals surface area contributed by atoms with Gasteiger partial charge in [-0.1, -0.05) is 19.1 Å². The number of halogens is 1. The van der Waals surface area contributed by atoms with E-state index in [-0.39, 0.29) is 11.4 Å². The Hall–Kier alpha value is -2.01. The van der Waals surface area contributed by atoms with E-state index in [4.69, 9.17) is 0 Å². The molecule has 3 rings (SSSR count). The molecule has 0 saturated heterocycles. The van der Waals surface area contributed by atoms with Crippen LogP contribution in [-0.2, 0) is 6.54 Å². The minimum absolute atomic E-state index is 0.0302. The smallest absolute Gasteiger partial charge is 0.262 e. The Morgan fingerprint density at radius 1 is 1.30 bits per heavy atom. The van der Waals surface area contributed by atoms with E-state index in [1.807, 2.05) is 12.3 Å². The second-order valence-corrected chi connectivity index (χ2v) is 5.44. The molecular formula is C15H13FN2OS. The lowest BCUT2D eigenvalue weighted by molar-refractivity contribution is 0.628. The average Bonchev–Trinajstić information content (AvgIpc) is 2.88. The van der Waals surface area contributed by atoms with Crippen molar-refractivity contribution in [1.29, 1.82) is 0 Å². The molecule has 102 valence electrons. The van der Waals surface area contributed by atoms with Crippen molar-refractivity contribution in [2.45, 2.75) is 19.9 Å². The van der Waals surface area contributed by atoms with Crippen LogP contribution in [0, 0.1) is 5.82 Å². The van der Waals surface area contributed by atoms with E-state index in [0.717, 1.165) is 22.4 Å². The fraction of sp³-hybridized carbons (Fsp3) is 0.200. The Balaban J connectivity index is 2.24. The van der Waals surface area contributed by atoms with Gasteiger partial charge >= 0.3 is 0 Å². The van der Waals surface area contributed by atoms with Crippen molar-refractivity contribution < 1.29 is 4.39 Å². The molecule has 0 atom stereocenters. The van der Waals surface area contributed by atoms with E-state index < -0.39 is 0 Å². The van der Waals surface area contributed by atoms with E-state index >= 15 is 0 Å². The van der Waals surface area contributed by atoms with Crippen LogP contribution in [0.1, 0.15) is 13.3 Å². The summed E-state index contributed by atoms with van der Waals surface area (Å²) in [5.74, 6) is -0.283. The third-order valence-electron chi connectivity index (χ3n) is 3.18. The van der Waals surface area contributed by atoms with Crippen molar-refractivity contribution in [3.05, 3.63) is 52.1 Å². The van der Waals surface area contributed by atoms with Gasteiger partial charge in [0.25, 0.3) is 5.56 Å². The number of hydrogen-bond acceptors (Lipinski definition) is 3. The van der Waals surface area contributed by atoms with E-state index in [1.54, 1.807) is 23.0 Å². The summed E-state index contributed by atoms with van der Waals surface area (Å²) >= 11 is 1.44. The zero-order valence-electron chi connectivity index (χ0n) is 11.0. The number of aromatic nitrogens is 2. The van der Waals surface area contributed by atoms with Gasteiger partial charge in [-0.25, -0.2) is 9.37 Å². The Morgan fingerprint density at radius 2 is 2.05 bits per heavy atom. The SMILES string of the molecule is CCCn1cnc2scc(-c3ccc(F)cc3)c2c1=O. The van der Waals surface area contributed by atoms with Crippen LogP contribution >= 0.6 is 11.3 Å². The number of nitrogens with zero attached hydrogens (tertiary/aromatic N) is 2.